The highest BCUT2D eigenvalue weighted by molar-refractivity contribution is 6.33. The fraction of sp³-hybridized carbons (Fsp3) is 0.259. The Hall–Kier alpha value is -3.79. The maximum atomic E-state index is 9.15. The molecule has 0 bridgehead atoms. The minimum absolute atomic E-state index is 0.188. The second-order valence-corrected chi connectivity index (χ2v) is 9.20. The Bertz CT molecular complexity index is 1350. The van der Waals surface area contributed by atoms with Gasteiger partial charge >= 0.3 is 0 Å². The number of pyridine rings is 2. The molecule has 0 aliphatic carbocycles. The number of rotatable bonds is 8. The second kappa shape index (κ2) is 11.5. The van der Waals surface area contributed by atoms with E-state index in [1.807, 2.05) is 55.5 Å². The summed E-state index contributed by atoms with van der Waals surface area (Å²) < 4.78 is 0. The number of nitrogens with one attached hydrogen (secondary N) is 2. The third-order valence-electron chi connectivity index (χ3n) is 6.19. The van der Waals surface area contributed by atoms with Gasteiger partial charge in [0.2, 0.25) is 5.95 Å². The fourth-order valence-electron chi connectivity index (χ4n) is 4.31. The van der Waals surface area contributed by atoms with Crippen LogP contribution in [0.5, 0.6) is 0 Å². The Balaban J connectivity index is 1.29. The number of nitrogens with zero attached hydrogens (tertiary/aromatic N) is 6. The van der Waals surface area contributed by atoms with E-state index in [4.69, 9.17) is 16.7 Å². The van der Waals surface area contributed by atoms with Crippen LogP contribution in [0, 0.1) is 6.92 Å². The van der Waals surface area contributed by atoms with Crippen LogP contribution in [0.15, 0.2) is 67.0 Å². The van der Waals surface area contributed by atoms with E-state index < -0.39 is 0 Å². The van der Waals surface area contributed by atoms with Crippen LogP contribution in [0.3, 0.4) is 0 Å². The summed E-state index contributed by atoms with van der Waals surface area (Å²) >= 11 is 6.65. The lowest BCUT2D eigenvalue weighted by atomic mass is 10.2. The number of hydrogen-bond donors (Lipinski definition) is 3. The molecule has 5 rings (SSSR count). The average Bonchev–Trinajstić information content (AvgIpc) is 2.91. The highest BCUT2D eigenvalue weighted by atomic mass is 35.5. The molecule has 0 amide bonds. The van der Waals surface area contributed by atoms with Gasteiger partial charge in [-0.25, -0.2) is 9.97 Å². The molecule has 0 radical (unpaired) electrons. The molecular formula is C27H29ClN8O. The summed E-state index contributed by atoms with van der Waals surface area (Å²) in [4.78, 5) is 22.7. The zero-order valence-corrected chi connectivity index (χ0v) is 21.4. The predicted octanol–water partition coefficient (Wildman–Crippen LogP) is 4.50. The van der Waals surface area contributed by atoms with Gasteiger partial charge in [-0.15, -0.1) is 0 Å². The maximum absolute atomic E-state index is 9.15. The second-order valence-electron chi connectivity index (χ2n) is 8.80. The lowest BCUT2D eigenvalue weighted by Crippen LogP contribution is -2.47. The Morgan fingerprint density at radius 3 is 2.54 bits per heavy atom. The molecule has 10 heteroatoms. The van der Waals surface area contributed by atoms with Gasteiger partial charge in [-0.3, -0.25) is 9.88 Å². The largest absolute Gasteiger partial charge is 0.395 e. The van der Waals surface area contributed by atoms with Gasteiger partial charge in [-0.05, 0) is 55.5 Å². The Morgan fingerprint density at radius 1 is 0.919 bits per heavy atom. The van der Waals surface area contributed by atoms with Crippen LogP contribution < -0.4 is 15.5 Å². The van der Waals surface area contributed by atoms with Crippen molar-refractivity contribution in [3.8, 4) is 11.4 Å². The minimum Gasteiger partial charge on any atom is -0.395 e. The zero-order chi connectivity index (χ0) is 25.6. The standard InChI is InChI=1S/C27H29ClN8O/c1-19-5-7-23(26(31-19)22-4-2-3-10-29-22)33-25-9-11-30-27(34-25)32-20-6-8-24(21(28)18-20)36-14-12-35(13-15-36)16-17-37/h2-11,18,37H,12-17H2,1H3,(H2,30,32,33,34). The van der Waals surface area contributed by atoms with Gasteiger partial charge in [-0.1, -0.05) is 17.7 Å². The number of benzene rings is 1. The van der Waals surface area contributed by atoms with E-state index in [2.05, 4.69) is 40.4 Å². The van der Waals surface area contributed by atoms with Crippen molar-refractivity contribution >= 4 is 40.4 Å². The van der Waals surface area contributed by atoms with Crippen molar-refractivity contribution in [3.05, 3.63) is 77.7 Å². The van der Waals surface area contributed by atoms with Gasteiger partial charge in [-0.2, -0.15) is 4.98 Å². The number of piperazine rings is 1. The molecule has 3 aromatic heterocycles. The molecule has 0 atom stereocenters. The molecule has 0 spiro atoms. The van der Waals surface area contributed by atoms with Crippen molar-refractivity contribution in [1.82, 2.24) is 24.8 Å². The lowest BCUT2D eigenvalue weighted by Gasteiger charge is -2.36. The number of anilines is 5. The summed E-state index contributed by atoms with van der Waals surface area (Å²) in [7, 11) is 0. The highest BCUT2D eigenvalue weighted by Crippen LogP contribution is 2.31. The molecule has 4 aromatic rings. The smallest absolute Gasteiger partial charge is 0.229 e. The van der Waals surface area contributed by atoms with E-state index >= 15 is 0 Å². The predicted molar refractivity (Wildman–Crippen MR) is 148 cm³/mol. The third kappa shape index (κ3) is 6.14. The minimum atomic E-state index is 0.188. The van der Waals surface area contributed by atoms with Gasteiger partial charge in [0.25, 0.3) is 0 Å². The molecule has 190 valence electrons. The van der Waals surface area contributed by atoms with Crippen LogP contribution in [0.25, 0.3) is 11.4 Å². The molecule has 1 fully saturated rings. The number of aliphatic hydroxyl groups excluding tert-OH is 1. The normalized spacial score (nSPS) is 14.0. The first-order valence-electron chi connectivity index (χ1n) is 12.2. The molecule has 0 saturated carbocycles. The summed E-state index contributed by atoms with van der Waals surface area (Å²) in [5.41, 5.74) is 5.06. The molecule has 3 N–H and O–H groups in total. The zero-order valence-electron chi connectivity index (χ0n) is 20.6. The van der Waals surface area contributed by atoms with Gasteiger partial charge in [0.05, 0.1) is 28.7 Å². The van der Waals surface area contributed by atoms with Crippen molar-refractivity contribution in [3.63, 3.8) is 0 Å². The van der Waals surface area contributed by atoms with Gasteiger partial charge in [0.1, 0.15) is 11.5 Å². The molecule has 4 heterocycles. The van der Waals surface area contributed by atoms with Gasteiger partial charge in [0, 0.05) is 56.5 Å². The van der Waals surface area contributed by atoms with Gasteiger partial charge < -0.3 is 20.6 Å². The molecular weight excluding hydrogens is 488 g/mol. The van der Waals surface area contributed by atoms with E-state index in [0.29, 0.717) is 23.3 Å². The highest BCUT2D eigenvalue weighted by Gasteiger charge is 2.19. The number of aliphatic hydroxyl groups is 1. The van der Waals surface area contributed by atoms with E-state index in [9.17, 15) is 0 Å². The number of aromatic nitrogens is 4. The number of halogens is 1. The monoisotopic (exact) mass is 516 g/mol. The van der Waals surface area contributed by atoms with Crippen molar-refractivity contribution in [2.75, 3.05) is 54.9 Å². The summed E-state index contributed by atoms with van der Waals surface area (Å²) in [5.74, 6) is 1.08. The van der Waals surface area contributed by atoms with Crippen molar-refractivity contribution in [1.29, 1.82) is 0 Å². The van der Waals surface area contributed by atoms with E-state index in [1.165, 1.54) is 0 Å². The number of hydrogen-bond acceptors (Lipinski definition) is 9. The van der Waals surface area contributed by atoms with Crippen LogP contribution in [-0.4, -0.2) is 69.3 Å². The topological polar surface area (TPSA) is 102 Å². The summed E-state index contributed by atoms with van der Waals surface area (Å²) in [6, 6.07) is 17.4. The van der Waals surface area contributed by atoms with E-state index in [-0.39, 0.29) is 6.61 Å². The first-order chi connectivity index (χ1) is 18.1. The Labute approximate surface area is 221 Å². The van der Waals surface area contributed by atoms with E-state index in [1.54, 1.807) is 18.5 Å². The lowest BCUT2D eigenvalue weighted by molar-refractivity contribution is 0.189. The number of aryl methyl sites for hydroxylation is 1. The van der Waals surface area contributed by atoms with Crippen LogP contribution >= 0.6 is 11.6 Å². The SMILES string of the molecule is Cc1ccc(Nc2ccnc(Nc3ccc(N4CCN(CCO)CC4)c(Cl)c3)n2)c(-c2ccccn2)n1. The van der Waals surface area contributed by atoms with Crippen molar-refractivity contribution in [2.24, 2.45) is 0 Å². The van der Waals surface area contributed by atoms with Crippen LogP contribution in [0.2, 0.25) is 5.02 Å². The Morgan fingerprint density at radius 2 is 1.78 bits per heavy atom. The van der Waals surface area contributed by atoms with Crippen molar-refractivity contribution in [2.45, 2.75) is 6.92 Å². The number of β-amino-alcohol motifs (C(OH)–C–C–N with tert-alkyl or cyclic N) is 1. The van der Waals surface area contributed by atoms with Crippen LogP contribution in [0.4, 0.5) is 28.8 Å². The fourth-order valence-corrected chi connectivity index (χ4v) is 4.61. The van der Waals surface area contributed by atoms with Crippen molar-refractivity contribution < 1.29 is 5.11 Å². The maximum Gasteiger partial charge on any atom is 0.229 e. The first kappa shape index (κ1) is 24.9. The quantitative estimate of drug-likeness (QED) is 0.312. The molecule has 1 aliphatic rings. The molecule has 1 aromatic carbocycles. The molecule has 0 unspecified atom stereocenters. The first-order valence-corrected chi connectivity index (χ1v) is 12.6. The molecule has 1 aliphatic heterocycles. The van der Waals surface area contributed by atoms with Crippen LogP contribution in [-0.2, 0) is 0 Å². The third-order valence-corrected chi connectivity index (χ3v) is 6.50. The summed E-state index contributed by atoms with van der Waals surface area (Å²) in [6.45, 7) is 6.41. The molecule has 37 heavy (non-hydrogen) atoms. The van der Waals surface area contributed by atoms with Crippen LogP contribution in [0.1, 0.15) is 5.69 Å². The molecule has 9 nitrogen and oxygen atoms in total. The summed E-state index contributed by atoms with van der Waals surface area (Å²) in [6.07, 6.45) is 3.45. The van der Waals surface area contributed by atoms with Gasteiger partial charge in [0.15, 0.2) is 0 Å². The summed E-state index contributed by atoms with van der Waals surface area (Å²) in [5, 5.41) is 16.4. The Kier molecular flexibility index (Phi) is 7.74. The van der Waals surface area contributed by atoms with E-state index in [0.717, 1.165) is 60.3 Å². The molecule has 1 saturated heterocycles. The average molecular weight is 517 g/mol.